The van der Waals surface area contributed by atoms with Crippen molar-refractivity contribution in [1.29, 1.82) is 0 Å². The average Bonchev–Trinajstić information content (AvgIpc) is 3.18. The average molecular weight is 387 g/mol. The minimum absolute atomic E-state index is 0.0937. The highest BCUT2D eigenvalue weighted by Gasteiger charge is 2.10. The van der Waals surface area contributed by atoms with Gasteiger partial charge in [0.1, 0.15) is 24.2 Å². The molecule has 5 rings (SSSR count). The minimum atomic E-state index is -0.519. The van der Waals surface area contributed by atoms with E-state index in [0.717, 1.165) is 10.9 Å². The Kier molecular flexibility index (Phi) is 3.91. The van der Waals surface area contributed by atoms with Gasteiger partial charge in [-0.1, -0.05) is 0 Å². The topological polar surface area (TPSA) is 103 Å². The molecule has 0 aliphatic carbocycles. The van der Waals surface area contributed by atoms with Crippen LogP contribution in [0.4, 0.5) is 21.6 Å². The maximum Gasteiger partial charge on any atom is 0.167 e. The Morgan fingerprint density at radius 1 is 0.966 bits per heavy atom. The number of benzene rings is 2. The predicted molar refractivity (Wildman–Crippen MR) is 107 cm³/mol. The molecule has 2 aromatic carbocycles. The third kappa shape index (κ3) is 3.25. The van der Waals surface area contributed by atoms with Crippen LogP contribution in [0.2, 0.25) is 0 Å². The molecule has 3 N–H and O–H groups in total. The highest BCUT2D eigenvalue weighted by molar-refractivity contribution is 5.92. The molecule has 142 valence electrons. The van der Waals surface area contributed by atoms with Crippen molar-refractivity contribution in [2.45, 2.75) is 0 Å². The second kappa shape index (κ2) is 6.71. The fraction of sp³-hybridized carbons (Fsp3) is 0. The summed E-state index contributed by atoms with van der Waals surface area (Å²) in [7, 11) is 0. The second-order valence-electron chi connectivity index (χ2n) is 6.30. The second-order valence-corrected chi connectivity index (χ2v) is 6.30. The molecule has 0 amide bonds. The standard InChI is InChI=1S/C20H14FN7O/c21-16-8-13(27-20-15-7-12(22)1-3-17(15)23-10-25-20)2-4-18(16)29-14-5-6-28-19(9-14)24-11-26-28/h1-11H,22H2,(H,23,25,27). The number of ether oxygens (including phenoxy) is 1. The van der Waals surface area contributed by atoms with E-state index in [1.54, 1.807) is 53.2 Å². The molecular formula is C20H14FN7O. The Morgan fingerprint density at radius 3 is 2.79 bits per heavy atom. The maximum atomic E-state index is 14.6. The lowest BCUT2D eigenvalue weighted by Crippen LogP contribution is -1.98. The quantitative estimate of drug-likeness (QED) is 0.450. The zero-order valence-corrected chi connectivity index (χ0v) is 15.0. The molecular weight excluding hydrogens is 373 g/mol. The molecule has 0 radical (unpaired) electrons. The molecule has 0 bridgehead atoms. The number of nitrogens with one attached hydrogen (secondary N) is 1. The molecule has 5 aromatic rings. The number of nitrogens with zero attached hydrogens (tertiary/aromatic N) is 5. The van der Waals surface area contributed by atoms with Crippen LogP contribution in [0.1, 0.15) is 0 Å². The Balaban J connectivity index is 1.42. The zero-order chi connectivity index (χ0) is 19.8. The molecule has 9 heteroatoms. The summed E-state index contributed by atoms with van der Waals surface area (Å²) in [6.07, 6.45) is 4.57. The van der Waals surface area contributed by atoms with Crippen molar-refractivity contribution in [3.8, 4) is 11.5 Å². The van der Waals surface area contributed by atoms with Crippen molar-refractivity contribution >= 4 is 33.7 Å². The van der Waals surface area contributed by atoms with Gasteiger partial charge in [-0.2, -0.15) is 5.10 Å². The molecule has 0 fully saturated rings. The highest BCUT2D eigenvalue weighted by atomic mass is 19.1. The number of aromatic nitrogens is 5. The lowest BCUT2D eigenvalue weighted by atomic mass is 10.2. The molecule has 0 spiro atoms. The van der Waals surface area contributed by atoms with Crippen molar-refractivity contribution < 1.29 is 9.13 Å². The van der Waals surface area contributed by atoms with Crippen LogP contribution >= 0.6 is 0 Å². The molecule has 0 unspecified atom stereocenters. The van der Waals surface area contributed by atoms with E-state index in [4.69, 9.17) is 10.5 Å². The van der Waals surface area contributed by atoms with E-state index in [9.17, 15) is 4.39 Å². The summed E-state index contributed by atoms with van der Waals surface area (Å²) in [4.78, 5) is 12.5. The first kappa shape index (κ1) is 16.9. The summed E-state index contributed by atoms with van der Waals surface area (Å²) in [6.45, 7) is 0. The third-order valence-corrected chi connectivity index (χ3v) is 4.33. The summed E-state index contributed by atoms with van der Waals surface area (Å²) in [5, 5.41) is 7.86. The van der Waals surface area contributed by atoms with Crippen LogP contribution in [0.15, 0.2) is 67.4 Å². The van der Waals surface area contributed by atoms with Crippen LogP contribution in [0.5, 0.6) is 11.5 Å². The lowest BCUT2D eigenvalue weighted by molar-refractivity contribution is 0.442. The molecule has 0 atom stereocenters. The largest absolute Gasteiger partial charge is 0.454 e. The third-order valence-electron chi connectivity index (χ3n) is 4.33. The van der Waals surface area contributed by atoms with Gasteiger partial charge in [0.2, 0.25) is 0 Å². The van der Waals surface area contributed by atoms with Gasteiger partial charge in [0.25, 0.3) is 0 Å². The van der Waals surface area contributed by atoms with Crippen LogP contribution in [0.3, 0.4) is 0 Å². The van der Waals surface area contributed by atoms with Crippen LogP contribution in [-0.2, 0) is 0 Å². The number of pyridine rings is 1. The normalized spacial score (nSPS) is 11.1. The fourth-order valence-corrected chi connectivity index (χ4v) is 2.96. The smallest absolute Gasteiger partial charge is 0.167 e. The number of anilines is 3. The first-order valence-corrected chi connectivity index (χ1v) is 8.70. The number of rotatable bonds is 4. The summed E-state index contributed by atoms with van der Waals surface area (Å²) >= 11 is 0. The van der Waals surface area contributed by atoms with Gasteiger partial charge >= 0.3 is 0 Å². The van der Waals surface area contributed by atoms with Gasteiger partial charge in [0, 0.05) is 35.1 Å². The number of fused-ring (bicyclic) bond motifs is 2. The number of hydrogen-bond donors (Lipinski definition) is 2. The van der Waals surface area contributed by atoms with Crippen molar-refractivity contribution in [3.63, 3.8) is 0 Å². The molecule has 0 aliphatic heterocycles. The zero-order valence-electron chi connectivity index (χ0n) is 15.0. The van der Waals surface area contributed by atoms with E-state index in [2.05, 4.69) is 25.4 Å². The molecule has 3 aromatic heterocycles. The van der Waals surface area contributed by atoms with Crippen molar-refractivity contribution in [3.05, 3.63) is 73.2 Å². The Morgan fingerprint density at radius 2 is 1.90 bits per heavy atom. The number of hydrogen-bond acceptors (Lipinski definition) is 7. The minimum Gasteiger partial charge on any atom is -0.454 e. The van der Waals surface area contributed by atoms with E-state index in [1.165, 1.54) is 18.7 Å². The Labute approximate surface area is 163 Å². The van der Waals surface area contributed by atoms with Gasteiger partial charge in [0.05, 0.1) is 5.52 Å². The summed E-state index contributed by atoms with van der Waals surface area (Å²) in [6, 6.07) is 13.3. The molecule has 0 aliphatic rings. The van der Waals surface area contributed by atoms with Gasteiger partial charge in [-0.15, -0.1) is 0 Å². The van der Waals surface area contributed by atoms with Gasteiger partial charge in [-0.05, 0) is 36.4 Å². The van der Waals surface area contributed by atoms with Crippen LogP contribution in [-0.4, -0.2) is 24.6 Å². The van der Waals surface area contributed by atoms with Gasteiger partial charge in [-0.25, -0.2) is 23.9 Å². The van der Waals surface area contributed by atoms with Crippen molar-refractivity contribution in [2.24, 2.45) is 0 Å². The van der Waals surface area contributed by atoms with E-state index in [1.807, 2.05) is 0 Å². The molecule has 29 heavy (non-hydrogen) atoms. The van der Waals surface area contributed by atoms with E-state index in [-0.39, 0.29) is 5.75 Å². The fourth-order valence-electron chi connectivity index (χ4n) is 2.96. The van der Waals surface area contributed by atoms with Gasteiger partial charge in [-0.3, -0.25) is 0 Å². The Hall–Kier alpha value is -4.27. The van der Waals surface area contributed by atoms with Crippen LogP contribution in [0.25, 0.3) is 16.6 Å². The van der Waals surface area contributed by atoms with Gasteiger partial charge in [0.15, 0.2) is 17.2 Å². The summed E-state index contributed by atoms with van der Waals surface area (Å²) < 4.78 is 21.9. The van der Waals surface area contributed by atoms with Crippen molar-refractivity contribution in [1.82, 2.24) is 24.6 Å². The molecule has 3 heterocycles. The summed E-state index contributed by atoms with van der Waals surface area (Å²) in [5.74, 6) is 0.570. The Bertz CT molecular complexity index is 1350. The maximum absolute atomic E-state index is 14.6. The number of nitrogens with two attached hydrogens (primary N) is 1. The number of halogens is 1. The highest BCUT2D eigenvalue weighted by Crippen LogP contribution is 2.30. The molecule has 8 nitrogen and oxygen atoms in total. The number of nitrogen functional groups attached to an aromatic ring is 1. The molecule has 0 saturated heterocycles. The van der Waals surface area contributed by atoms with Crippen LogP contribution in [0, 0.1) is 5.82 Å². The summed E-state index contributed by atoms with van der Waals surface area (Å²) in [5.41, 5.74) is 8.32. The first-order valence-electron chi connectivity index (χ1n) is 8.70. The lowest BCUT2D eigenvalue weighted by Gasteiger charge is -2.11. The van der Waals surface area contributed by atoms with E-state index < -0.39 is 5.82 Å². The predicted octanol–water partition coefficient (Wildman–Crippen LogP) is 3.93. The van der Waals surface area contributed by atoms with Crippen LogP contribution < -0.4 is 15.8 Å². The molecule has 0 saturated carbocycles. The van der Waals surface area contributed by atoms with Gasteiger partial charge < -0.3 is 15.8 Å². The van der Waals surface area contributed by atoms with E-state index in [0.29, 0.717) is 28.6 Å². The van der Waals surface area contributed by atoms with Crippen molar-refractivity contribution in [2.75, 3.05) is 11.1 Å². The first-order chi connectivity index (χ1) is 14.2. The monoisotopic (exact) mass is 387 g/mol. The van der Waals surface area contributed by atoms with E-state index >= 15 is 0 Å². The SMILES string of the molecule is Nc1ccc2ncnc(Nc3ccc(Oc4ccn5ncnc5c4)c(F)c3)c2c1.